The highest BCUT2D eigenvalue weighted by Crippen LogP contribution is 2.32. The first-order chi connectivity index (χ1) is 10.2. The van der Waals surface area contributed by atoms with Crippen molar-refractivity contribution in [3.63, 3.8) is 0 Å². The molecule has 1 rings (SSSR count). The standard InChI is InChI=1S/C19H33NO/c1-6-9-10-16(7-2)14-18(20-8-3)17-13-15(4)11-12-19(17)21-5/h11-13,16,18,20H,6-10,14H2,1-5H3. The van der Waals surface area contributed by atoms with Crippen LogP contribution in [0.1, 0.15) is 70.0 Å². The lowest BCUT2D eigenvalue weighted by Crippen LogP contribution is -2.24. The zero-order valence-electron chi connectivity index (χ0n) is 14.5. The predicted molar refractivity (Wildman–Crippen MR) is 92.1 cm³/mol. The molecule has 0 fully saturated rings. The maximum Gasteiger partial charge on any atom is 0.123 e. The molecule has 120 valence electrons. The van der Waals surface area contributed by atoms with E-state index >= 15 is 0 Å². The maximum atomic E-state index is 5.58. The van der Waals surface area contributed by atoms with Gasteiger partial charge in [0.2, 0.25) is 0 Å². The molecule has 2 unspecified atom stereocenters. The topological polar surface area (TPSA) is 21.3 Å². The van der Waals surface area contributed by atoms with Crippen LogP contribution in [-0.2, 0) is 0 Å². The number of nitrogens with one attached hydrogen (secondary N) is 1. The van der Waals surface area contributed by atoms with Gasteiger partial charge in [-0.25, -0.2) is 0 Å². The van der Waals surface area contributed by atoms with Crippen LogP contribution in [0.4, 0.5) is 0 Å². The molecule has 0 aromatic heterocycles. The third-order valence-electron chi connectivity index (χ3n) is 4.32. The average molecular weight is 291 g/mol. The van der Waals surface area contributed by atoms with E-state index in [2.05, 4.69) is 51.2 Å². The summed E-state index contributed by atoms with van der Waals surface area (Å²) >= 11 is 0. The Bertz CT molecular complexity index is 403. The molecule has 0 aliphatic heterocycles. The lowest BCUT2D eigenvalue weighted by molar-refractivity contribution is 0.344. The molecular weight excluding hydrogens is 258 g/mol. The first-order valence-electron chi connectivity index (χ1n) is 8.54. The van der Waals surface area contributed by atoms with Gasteiger partial charge in [0.25, 0.3) is 0 Å². The Balaban J connectivity index is 2.91. The van der Waals surface area contributed by atoms with Gasteiger partial charge in [0.05, 0.1) is 7.11 Å². The molecule has 21 heavy (non-hydrogen) atoms. The van der Waals surface area contributed by atoms with Gasteiger partial charge in [0, 0.05) is 11.6 Å². The number of methoxy groups -OCH3 is 1. The van der Waals surface area contributed by atoms with Gasteiger partial charge < -0.3 is 10.1 Å². The Kier molecular flexibility index (Phi) is 8.44. The van der Waals surface area contributed by atoms with Crippen molar-refractivity contribution in [2.45, 2.75) is 65.8 Å². The van der Waals surface area contributed by atoms with Crippen LogP contribution in [0.2, 0.25) is 0 Å². The first-order valence-corrected chi connectivity index (χ1v) is 8.54. The highest BCUT2D eigenvalue weighted by atomic mass is 16.5. The first kappa shape index (κ1) is 18.0. The Morgan fingerprint density at radius 3 is 2.52 bits per heavy atom. The third-order valence-corrected chi connectivity index (χ3v) is 4.32. The molecule has 0 saturated heterocycles. The van der Waals surface area contributed by atoms with E-state index in [4.69, 9.17) is 4.74 Å². The van der Waals surface area contributed by atoms with Crippen molar-refractivity contribution in [1.29, 1.82) is 0 Å². The van der Waals surface area contributed by atoms with E-state index in [-0.39, 0.29) is 0 Å². The van der Waals surface area contributed by atoms with Crippen LogP contribution in [0, 0.1) is 12.8 Å². The van der Waals surface area contributed by atoms with Crippen molar-refractivity contribution < 1.29 is 4.74 Å². The fourth-order valence-electron chi connectivity index (χ4n) is 3.01. The smallest absolute Gasteiger partial charge is 0.123 e. The number of aryl methyl sites for hydroxylation is 1. The second kappa shape index (κ2) is 9.83. The summed E-state index contributed by atoms with van der Waals surface area (Å²) in [4.78, 5) is 0. The minimum absolute atomic E-state index is 0.395. The van der Waals surface area contributed by atoms with E-state index in [0.29, 0.717) is 6.04 Å². The molecule has 1 N–H and O–H groups in total. The summed E-state index contributed by atoms with van der Waals surface area (Å²) in [5.74, 6) is 1.80. The van der Waals surface area contributed by atoms with Crippen LogP contribution in [0.3, 0.4) is 0 Å². The summed E-state index contributed by atoms with van der Waals surface area (Å²) in [5, 5.41) is 3.66. The number of hydrogen-bond donors (Lipinski definition) is 1. The molecule has 0 spiro atoms. The summed E-state index contributed by atoms with van der Waals surface area (Å²) < 4.78 is 5.58. The predicted octanol–water partition coefficient (Wildman–Crippen LogP) is 5.26. The number of benzene rings is 1. The van der Waals surface area contributed by atoms with Crippen molar-refractivity contribution in [3.05, 3.63) is 29.3 Å². The molecule has 0 aliphatic rings. The number of unbranched alkanes of at least 4 members (excludes halogenated alkanes) is 1. The molecule has 0 amide bonds. The van der Waals surface area contributed by atoms with E-state index in [1.807, 2.05) is 0 Å². The molecule has 0 radical (unpaired) electrons. The summed E-state index contributed by atoms with van der Waals surface area (Å²) in [5.41, 5.74) is 2.62. The van der Waals surface area contributed by atoms with Crippen molar-refractivity contribution in [2.75, 3.05) is 13.7 Å². The van der Waals surface area contributed by atoms with E-state index in [9.17, 15) is 0 Å². The fourth-order valence-corrected chi connectivity index (χ4v) is 3.01. The molecule has 0 saturated carbocycles. The number of ether oxygens (including phenoxy) is 1. The van der Waals surface area contributed by atoms with Gasteiger partial charge in [-0.15, -0.1) is 0 Å². The van der Waals surface area contributed by atoms with Gasteiger partial charge in [-0.2, -0.15) is 0 Å². The maximum absolute atomic E-state index is 5.58. The molecule has 2 nitrogen and oxygen atoms in total. The van der Waals surface area contributed by atoms with Gasteiger partial charge in [0.15, 0.2) is 0 Å². The highest BCUT2D eigenvalue weighted by molar-refractivity contribution is 5.39. The SMILES string of the molecule is CCCCC(CC)CC(NCC)c1cc(C)ccc1OC. The summed E-state index contributed by atoms with van der Waals surface area (Å²) in [6.45, 7) is 9.92. The molecule has 2 atom stereocenters. The minimum atomic E-state index is 0.395. The second-order valence-corrected chi connectivity index (χ2v) is 6.01. The molecule has 0 aliphatic carbocycles. The van der Waals surface area contributed by atoms with Gasteiger partial charge >= 0.3 is 0 Å². The molecule has 2 heteroatoms. The van der Waals surface area contributed by atoms with Crippen molar-refractivity contribution in [1.82, 2.24) is 5.32 Å². The molecule has 1 aromatic rings. The van der Waals surface area contributed by atoms with Crippen LogP contribution >= 0.6 is 0 Å². The van der Waals surface area contributed by atoms with Crippen LogP contribution < -0.4 is 10.1 Å². The number of rotatable bonds is 10. The normalized spacial score (nSPS) is 14.0. The quantitative estimate of drug-likeness (QED) is 0.635. The fraction of sp³-hybridized carbons (Fsp3) is 0.684. The Labute approximate surface area is 131 Å². The minimum Gasteiger partial charge on any atom is -0.496 e. The zero-order valence-corrected chi connectivity index (χ0v) is 14.5. The Morgan fingerprint density at radius 1 is 1.19 bits per heavy atom. The van der Waals surface area contributed by atoms with Crippen molar-refractivity contribution >= 4 is 0 Å². The molecular formula is C19H33NO. The zero-order chi connectivity index (χ0) is 15.7. The van der Waals surface area contributed by atoms with E-state index < -0.39 is 0 Å². The lowest BCUT2D eigenvalue weighted by atomic mass is 9.88. The largest absolute Gasteiger partial charge is 0.496 e. The Morgan fingerprint density at radius 2 is 1.95 bits per heavy atom. The molecule has 0 heterocycles. The average Bonchev–Trinajstić information content (AvgIpc) is 2.50. The van der Waals surface area contributed by atoms with Gasteiger partial charge in [-0.1, -0.05) is 64.2 Å². The number of hydrogen-bond acceptors (Lipinski definition) is 2. The van der Waals surface area contributed by atoms with Crippen molar-refractivity contribution in [3.8, 4) is 5.75 Å². The summed E-state index contributed by atoms with van der Waals surface area (Å²) in [6.07, 6.45) is 6.42. The monoisotopic (exact) mass is 291 g/mol. The van der Waals surface area contributed by atoms with Crippen LogP contribution in [0.25, 0.3) is 0 Å². The van der Waals surface area contributed by atoms with Crippen LogP contribution in [0.15, 0.2) is 18.2 Å². The van der Waals surface area contributed by atoms with Crippen LogP contribution in [0.5, 0.6) is 5.75 Å². The third kappa shape index (κ3) is 5.70. The summed E-state index contributed by atoms with van der Waals surface area (Å²) in [7, 11) is 1.77. The van der Waals surface area contributed by atoms with E-state index in [1.54, 1.807) is 7.11 Å². The van der Waals surface area contributed by atoms with Crippen LogP contribution in [-0.4, -0.2) is 13.7 Å². The van der Waals surface area contributed by atoms with Gasteiger partial charge in [0.1, 0.15) is 5.75 Å². The molecule has 1 aromatic carbocycles. The van der Waals surface area contributed by atoms with Gasteiger partial charge in [-0.05, 0) is 31.9 Å². The van der Waals surface area contributed by atoms with E-state index in [0.717, 1.165) is 18.2 Å². The van der Waals surface area contributed by atoms with Gasteiger partial charge in [-0.3, -0.25) is 0 Å². The van der Waals surface area contributed by atoms with Crippen molar-refractivity contribution in [2.24, 2.45) is 5.92 Å². The molecule has 0 bridgehead atoms. The second-order valence-electron chi connectivity index (χ2n) is 6.01. The highest BCUT2D eigenvalue weighted by Gasteiger charge is 2.19. The summed E-state index contributed by atoms with van der Waals surface area (Å²) in [6, 6.07) is 6.90. The lowest BCUT2D eigenvalue weighted by Gasteiger charge is -2.25. The van der Waals surface area contributed by atoms with E-state index in [1.165, 1.54) is 43.2 Å². The Hall–Kier alpha value is -1.02.